The van der Waals surface area contributed by atoms with Gasteiger partial charge in [0.25, 0.3) is 11.1 Å². The molecule has 0 aliphatic carbocycles. The zero-order valence-corrected chi connectivity index (χ0v) is 16.2. The van der Waals surface area contributed by atoms with Crippen LogP contribution in [-0.2, 0) is 4.79 Å². The number of hydrogen-bond donors (Lipinski definition) is 1. The van der Waals surface area contributed by atoms with Crippen LogP contribution in [-0.4, -0.2) is 30.5 Å². The van der Waals surface area contributed by atoms with E-state index in [1.807, 2.05) is 32.0 Å². The number of rotatable bonds is 4. The molecule has 1 N–H and O–H groups in total. The number of thioether (sulfide) groups is 1. The first-order valence-electron chi connectivity index (χ1n) is 8.16. The van der Waals surface area contributed by atoms with Gasteiger partial charge in [0.05, 0.1) is 24.8 Å². The minimum atomic E-state index is -0.385. The molecule has 0 saturated carbocycles. The summed E-state index contributed by atoms with van der Waals surface area (Å²) in [6, 6.07) is 8.78. The topological polar surface area (TPSA) is 76.1 Å². The molecule has 3 rings (SSSR count). The zero-order chi connectivity index (χ0) is 19.7. The Bertz CT molecular complexity index is 942. The van der Waals surface area contributed by atoms with Gasteiger partial charge in [-0.15, -0.1) is 0 Å². The van der Waals surface area contributed by atoms with Gasteiger partial charge in [-0.25, -0.2) is 4.90 Å². The lowest BCUT2D eigenvalue weighted by molar-refractivity contribution is -0.113. The lowest BCUT2D eigenvalue weighted by atomic mass is 10.1. The molecule has 0 radical (unpaired) electrons. The van der Waals surface area contributed by atoms with E-state index in [9.17, 15) is 14.7 Å². The van der Waals surface area contributed by atoms with Gasteiger partial charge in [0.15, 0.2) is 11.5 Å². The van der Waals surface area contributed by atoms with Crippen LogP contribution < -0.4 is 14.4 Å². The summed E-state index contributed by atoms with van der Waals surface area (Å²) in [5.41, 5.74) is 2.97. The molecule has 0 atom stereocenters. The molecule has 6 nitrogen and oxygen atoms in total. The number of phenolic OH excluding ortho intramolecular Hbond substituents is 1. The van der Waals surface area contributed by atoms with Crippen LogP contribution in [0, 0.1) is 13.8 Å². The average molecular weight is 385 g/mol. The average Bonchev–Trinajstić information content (AvgIpc) is 2.91. The van der Waals surface area contributed by atoms with Crippen molar-refractivity contribution in [3.05, 3.63) is 51.9 Å². The third kappa shape index (κ3) is 3.50. The lowest BCUT2D eigenvalue weighted by Gasteiger charge is -2.16. The van der Waals surface area contributed by atoms with Crippen molar-refractivity contribution in [3.63, 3.8) is 0 Å². The van der Waals surface area contributed by atoms with Gasteiger partial charge >= 0.3 is 0 Å². The Morgan fingerprint density at radius 3 is 2.26 bits per heavy atom. The highest BCUT2D eigenvalue weighted by Crippen LogP contribution is 2.40. The number of amides is 2. The SMILES string of the molecule is COc1cc(/C=C2\SC(=O)N(c3cc(C)ccc3C)C2=O)cc(OC)c1O. The summed E-state index contributed by atoms with van der Waals surface area (Å²) in [5.74, 6) is -0.0749. The summed E-state index contributed by atoms with van der Waals surface area (Å²) in [6.45, 7) is 3.77. The second-order valence-corrected chi connectivity index (χ2v) is 7.07. The van der Waals surface area contributed by atoms with Crippen LogP contribution in [0.4, 0.5) is 10.5 Å². The molecule has 0 bridgehead atoms. The maximum Gasteiger partial charge on any atom is 0.298 e. The second-order valence-electron chi connectivity index (χ2n) is 6.08. The predicted octanol–water partition coefficient (Wildman–Crippen LogP) is 4.27. The van der Waals surface area contributed by atoms with Gasteiger partial charge in [-0.1, -0.05) is 12.1 Å². The Balaban J connectivity index is 2.01. The summed E-state index contributed by atoms with van der Waals surface area (Å²) in [7, 11) is 2.85. The second kappa shape index (κ2) is 7.36. The Morgan fingerprint density at radius 1 is 1.04 bits per heavy atom. The molecule has 140 valence electrons. The van der Waals surface area contributed by atoms with Gasteiger partial charge < -0.3 is 14.6 Å². The fourth-order valence-corrected chi connectivity index (χ4v) is 3.62. The summed E-state index contributed by atoms with van der Waals surface area (Å²) >= 11 is 0.872. The molecule has 1 aliphatic rings. The fraction of sp³-hybridized carbons (Fsp3) is 0.200. The lowest BCUT2D eigenvalue weighted by Crippen LogP contribution is -2.28. The van der Waals surface area contributed by atoms with Crippen LogP contribution in [0.2, 0.25) is 0 Å². The molecule has 0 unspecified atom stereocenters. The van der Waals surface area contributed by atoms with E-state index in [0.29, 0.717) is 11.3 Å². The molecule has 2 aromatic carbocycles. The van der Waals surface area contributed by atoms with E-state index in [-0.39, 0.29) is 33.3 Å². The van der Waals surface area contributed by atoms with Crippen LogP contribution in [0.1, 0.15) is 16.7 Å². The molecule has 27 heavy (non-hydrogen) atoms. The van der Waals surface area contributed by atoms with Crippen molar-refractivity contribution >= 4 is 34.7 Å². The Kier molecular flexibility index (Phi) is 5.14. The van der Waals surface area contributed by atoms with Crippen molar-refractivity contribution in [2.24, 2.45) is 0 Å². The van der Waals surface area contributed by atoms with E-state index in [1.54, 1.807) is 18.2 Å². The molecular formula is C20H19NO5S. The van der Waals surface area contributed by atoms with Crippen molar-refractivity contribution in [1.29, 1.82) is 0 Å². The first-order chi connectivity index (χ1) is 12.8. The first-order valence-corrected chi connectivity index (χ1v) is 8.97. The van der Waals surface area contributed by atoms with Crippen molar-refractivity contribution in [2.45, 2.75) is 13.8 Å². The molecule has 1 saturated heterocycles. The summed E-state index contributed by atoms with van der Waals surface area (Å²) < 4.78 is 10.3. The number of nitrogens with zero attached hydrogens (tertiary/aromatic N) is 1. The van der Waals surface area contributed by atoms with E-state index >= 15 is 0 Å². The number of carbonyl (C=O) groups excluding carboxylic acids is 2. The molecule has 1 heterocycles. The molecule has 7 heteroatoms. The molecular weight excluding hydrogens is 366 g/mol. The van der Waals surface area contributed by atoms with Crippen molar-refractivity contribution in [2.75, 3.05) is 19.1 Å². The smallest absolute Gasteiger partial charge is 0.298 e. The van der Waals surface area contributed by atoms with Crippen LogP contribution in [0.3, 0.4) is 0 Å². The highest BCUT2D eigenvalue weighted by Gasteiger charge is 2.37. The Hall–Kier alpha value is -2.93. The van der Waals surface area contributed by atoms with Crippen LogP contribution in [0.25, 0.3) is 6.08 Å². The largest absolute Gasteiger partial charge is 0.502 e. The van der Waals surface area contributed by atoms with Gasteiger partial charge in [-0.05, 0) is 66.6 Å². The Labute approximate surface area is 161 Å². The highest BCUT2D eigenvalue weighted by atomic mass is 32.2. The van der Waals surface area contributed by atoms with Crippen LogP contribution in [0.5, 0.6) is 17.2 Å². The first kappa shape index (κ1) is 18.8. The van der Waals surface area contributed by atoms with E-state index in [2.05, 4.69) is 0 Å². The number of phenols is 1. The number of aryl methyl sites for hydroxylation is 2. The van der Waals surface area contributed by atoms with Crippen molar-refractivity contribution in [1.82, 2.24) is 0 Å². The standard InChI is InChI=1S/C20H19NO5S/c1-11-5-6-12(2)14(7-11)21-19(23)17(27-20(21)24)10-13-8-15(25-3)18(22)16(9-13)26-4/h5-10,22H,1-4H3/b17-10-. The maximum atomic E-state index is 12.9. The molecule has 0 spiro atoms. The third-order valence-electron chi connectivity index (χ3n) is 4.20. The number of ether oxygens (including phenoxy) is 2. The van der Waals surface area contributed by atoms with Gasteiger partial charge in [0.1, 0.15) is 0 Å². The van der Waals surface area contributed by atoms with Gasteiger partial charge in [0.2, 0.25) is 5.75 Å². The molecule has 1 aliphatic heterocycles. The van der Waals surface area contributed by atoms with Gasteiger partial charge in [0, 0.05) is 0 Å². The molecule has 2 amide bonds. The van der Waals surface area contributed by atoms with E-state index in [1.165, 1.54) is 19.1 Å². The predicted molar refractivity (Wildman–Crippen MR) is 106 cm³/mol. The quantitative estimate of drug-likeness (QED) is 0.792. The van der Waals surface area contributed by atoms with Crippen molar-refractivity contribution < 1.29 is 24.2 Å². The monoisotopic (exact) mass is 385 g/mol. The van der Waals surface area contributed by atoms with E-state index < -0.39 is 0 Å². The van der Waals surface area contributed by atoms with Crippen molar-refractivity contribution in [3.8, 4) is 17.2 Å². The maximum absolute atomic E-state index is 12.9. The minimum Gasteiger partial charge on any atom is -0.502 e. The minimum absolute atomic E-state index is 0.124. The van der Waals surface area contributed by atoms with Gasteiger partial charge in [-0.2, -0.15) is 0 Å². The Morgan fingerprint density at radius 2 is 1.67 bits per heavy atom. The van der Waals surface area contributed by atoms with Crippen LogP contribution >= 0.6 is 11.8 Å². The summed E-state index contributed by atoms with van der Waals surface area (Å²) in [5, 5.41) is 9.66. The summed E-state index contributed by atoms with van der Waals surface area (Å²) in [4.78, 5) is 26.8. The normalized spacial score (nSPS) is 15.6. The van der Waals surface area contributed by atoms with E-state index in [0.717, 1.165) is 22.9 Å². The molecule has 2 aromatic rings. The highest BCUT2D eigenvalue weighted by molar-refractivity contribution is 8.19. The van der Waals surface area contributed by atoms with Crippen LogP contribution in [0.15, 0.2) is 35.2 Å². The van der Waals surface area contributed by atoms with Gasteiger partial charge in [-0.3, -0.25) is 9.59 Å². The van der Waals surface area contributed by atoms with E-state index in [4.69, 9.17) is 9.47 Å². The molecule has 1 fully saturated rings. The fourth-order valence-electron chi connectivity index (χ4n) is 2.78. The number of imide groups is 1. The number of methoxy groups -OCH3 is 2. The summed E-state index contributed by atoms with van der Waals surface area (Å²) in [6.07, 6.45) is 1.58. The number of carbonyl (C=O) groups is 2. The number of aromatic hydroxyl groups is 1. The number of hydrogen-bond acceptors (Lipinski definition) is 6. The third-order valence-corrected chi connectivity index (χ3v) is 5.07. The zero-order valence-electron chi connectivity index (χ0n) is 15.4. The number of benzene rings is 2. The molecule has 0 aromatic heterocycles. The number of anilines is 1.